The third-order valence-corrected chi connectivity index (χ3v) is 4.44. The minimum atomic E-state index is -0.227. The Morgan fingerprint density at radius 3 is 3.00 bits per heavy atom. The van der Waals surface area contributed by atoms with E-state index in [2.05, 4.69) is 27.5 Å². The first-order valence-corrected chi connectivity index (χ1v) is 8.95. The van der Waals surface area contributed by atoms with Crippen LogP contribution in [0.2, 0.25) is 5.15 Å². The van der Waals surface area contributed by atoms with Crippen LogP contribution in [0.3, 0.4) is 0 Å². The zero-order valence-electron chi connectivity index (χ0n) is 14.8. The average Bonchev–Trinajstić information content (AvgIpc) is 3.17. The summed E-state index contributed by atoms with van der Waals surface area (Å²) in [6.07, 6.45) is 7.10. The Hall–Kier alpha value is -2.67. The summed E-state index contributed by atoms with van der Waals surface area (Å²) in [5.41, 5.74) is 2.32. The molecule has 1 amide bonds. The largest absolute Gasteiger partial charge is 0.345 e. The average molecular weight is 373 g/mol. The Morgan fingerprint density at radius 2 is 2.19 bits per heavy atom. The van der Waals surface area contributed by atoms with Gasteiger partial charge in [0, 0.05) is 24.4 Å². The molecule has 3 aromatic rings. The third kappa shape index (κ3) is 3.94. The smallest absolute Gasteiger partial charge is 0.244 e. The van der Waals surface area contributed by atoms with Gasteiger partial charge in [-0.3, -0.25) is 13.9 Å². The highest BCUT2D eigenvalue weighted by Gasteiger charge is 2.11. The molecule has 0 fully saturated rings. The summed E-state index contributed by atoms with van der Waals surface area (Å²) in [4.78, 5) is 12.1. The molecular weight excluding hydrogens is 352 g/mol. The minimum Gasteiger partial charge on any atom is -0.345 e. The standard InChI is InChI=1S/C18H21ClN6O/c1-3-4-11-25-18(19)14(13(2)23-25)8-9-17(26)20-12-16-22-21-15-7-5-6-10-24(15)16/h5-10H,3-4,11-12H2,1-2H3,(H,20,26)/b9-8+. The van der Waals surface area contributed by atoms with Gasteiger partial charge in [-0.05, 0) is 31.6 Å². The van der Waals surface area contributed by atoms with Crippen LogP contribution in [-0.4, -0.2) is 30.3 Å². The molecular formula is C18H21ClN6O. The number of pyridine rings is 1. The van der Waals surface area contributed by atoms with E-state index in [-0.39, 0.29) is 12.5 Å². The van der Waals surface area contributed by atoms with E-state index in [4.69, 9.17) is 11.6 Å². The van der Waals surface area contributed by atoms with Crippen molar-refractivity contribution in [3.63, 3.8) is 0 Å². The molecule has 0 saturated heterocycles. The van der Waals surface area contributed by atoms with Crippen molar-refractivity contribution in [3.8, 4) is 0 Å². The highest BCUT2D eigenvalue weighted by Crippen LogP contribution is 2.21. The van der Waals surface area contributed by atoms with Crippen LogP contribution >= 0.6 is 11.6 Å². The number of nitrogens with zero attached hydrogens (tertiary/aromatic N) is 5. The summed E-state index contributed by atoms with van der Waals surface area (Å²) in [5, 5.41) is 15.9. The lowest BCUT2D eigenvalue weighted by molar-refractivity contribution is -0.116. The van der Waals surface area contributed by atoms with E-state index in [1.807, 2.05) is 35.7 Å². The molecule has 0 aliphatic carbocycles. The maximum atomic E-state index is 12.1. The summed E-state index contributed by atoms with van der Waals surface area (Å²) in [7, 11) is 0. The first-order chi connectivity index (χ1) is 12.6. The summed E-state index contributed by atoms with van der Waals surface area (Å²) in [5.74, 6) is 0.443. The monoisotopic (exact) mass is 372 g/mol. The number of nitrogens with one attached hydrogen (secondary N) is 1. The van der Waals surface area contributed by atoms with Gasteiger partial charge in [0.25, 0.3) is 0 Å². The van der Waals surface area contributed by atoms with Gasteiger partial charge < -0.3 is 5.32 Å². The number of halogens is 1. The van der Waals surface area contributed by atoms with Gasteiger partial charge >= 0.3 is 0 Å². The van der Waals surface area contributed by atoms with Crippen molar-refractivity contribution < 1.29 is 4.79 Å². The highest BCUT2D eigenvalue weighted by atomic mass is 35.5. The van der Waals surface area contributed by atoms with Crippen molar-refractivity contribution in [1.29, 1.82) is 0 Å². The second-order valence-corrected chi connectivity index (χ2v) is 6.32. The van der Waals surface area contributed by atoms with Gasteiger partial charge in [-0.15, -0.1) is 10.2 Å². The highest BCUT2D eigenvalue weighted by molar-refractivity contribution is 6.31. The van der Waals surface area contributed by atoms with E-state index in [1.165, 1.54) is 6.08 Å². The van der Waals surface area contributed by atoms with Crippen LogP contribution in [0.4, 0.5) is 0 Å². The number of carbonyl (C=O) groups excluding carboxylic acids is 1. The van der Waals surface area contributed by atoms with Crippen molar-refractivity contribution in [2.45, 2.75) is 39.8 Å². The molecule has 0 saturated carbocycles. The molecule has 0 aliphatic rings. The molecule has 3 heterocycles. The molecule has 0 radical (unpaired) electrons. The Kier molecular flexibility index (Phi) is 5.68. The molecule has 7 nitrogen and oxygen atoms in total. The molecule has 8 heteroatoms. The lowest BCUT2D eigenvalue weighted by atomic mass is 10.2. The number of rotatable bonds is 7. The molecule has 26 heavy (non-hydrogen) atoms. The van der Waals surface area contributed by atoms with E-state index < -0.39 is 0 Å². The second kappa shape index (κ2) is 8.14. The summed E-state index contributed by atoms with van der Waals surface area (Å²) >= 11 is 6.37. The van der Waals surface area contributed by atoms with Crippen LogP contribution in [0, 0.1) is 6.92 Å². The van der Waals surface area contributed by atoms with E-state index in [0.29, 0.717) is 11.0 Å². The van der Waals surface area contributed by atoms with E-state index in [0.717, 1.165) is 36.3 Å². The fourth-order valence-electron chi connectivity index (χ4n) is 2.61. The molecule has 0 aliphatic heterocycles. The van der Waals surface area contributed by atoms with Crippen molar-refractivity contribution in [2.24, 2.45) is 0 Å². The van der Waals surface area contributed by atoms with Crippen LogP contribution in [0.15, 0.2) is 30.5 Å². The SMILES string of the molecule is CCCCn1nc(C)c(/C=C/C(=O)NCc2nnc3ccccn23)c1Cl. The molecule has 0 atom stereocenters. The topological polar surface area (TPSA) is 77.1 Å². The van der Waals surface area contributed by atoms with Crippen LogP contribution in [0.25, 0.3) is 11.7 Å². The molecule has 0 aromatic carbocycles. The Bertz CT molecular complexity index is 942. The molecule has 0 unspecified atom stereocenters. The molecule has 1 N–H and O–H groups in total. The van der Waals surface area contributed by atoms with Crippen molar-refractivity contribution in [2.75, 3.05) is 0 Å². The van der Waals surface area contributed by atoms with Crippen LogP contribution in [0.1, 0.15) is 36.8 Å². The fourth-order valence-corrected chi connectivity index (χ4v) is 2.93. The lowest BCUT2D eigenvalue weighted by Crippen LogP contribution is -2.21. The maximum Gasteiger partial charge on any atom is 0.244 e. The van der Waals surface area contributed by atoms with Crippen molar-refractivity contribution in [3.05, 3.63) is 52.7 Å². The predicted molar refractivity (Wildman–Crippen MR) is 101 cm³/mol. The summed E-state index contributed by atoms with van der Waals surface area (Å²) in [6.45, 7) is 5.06. The fraction of sp³-hybridized carbons (Fsp3) is 0.333. The Balaban J connectivity index is 1.64. The quantitative estimate of drug-likeness (QED) is 0.647. The third-order valence-electron chi connectivity index (χ3n) is 4.04. The van der Waals surface area contributed by atoms with Gasteiger partial charge in [-0.2, -0.15) is 5.10 Å². The number of unbranched alkanes of at least 4 members (excludes halogenated alkanes) is 1. The number of carbonyl (C=O) groups is 1. The summed E-state index contributed by atoms with van der Waals surface area (Å²) in [6, 6.07) is 5.64. The number of fused-ring (bicyclic) bond motifs is 1. The van der Waals surface area contributed by atoms with Gasteiger partial charge in [0.2, 0.25) is 5.91 Å². The Morgan fingerprint density at radius 1 is 1.35 bits per heavy atom. The molecule has 3 rings (SSSR count). The summed E-state index contributed by atoms with van der Waals surface area (Å²) < 4.78 is 3.61. The number of hydrogen-bond donors (Lipinski definition) is 1. The van der Waals surface area contributed by atoms with Gasteiger partial charge in [0.15, 0.2) is 11.5 Å². The van der Waals surface area contributed by atoms with Gasteiger partial charge in [-0.25, -0.2) is 0 Å². The van der Waals surface area contributed by atoms with Crippen LogP contribution in [-0.2, 0) is 17.9 Å². The zero-order chi connectivity index (χ0) is 18.5. The molecule has 3 aromatic heterocycles. The van der Waals surface area contributed by atoms with Crippen LogP contribution < -0.4 is 5.32 Å². The molecule has 136 valence electrons. The molecule has 0 bridgehead atoms. The van der Waals surface area contributed by atoms with Gasteiger partial charge in [0.05, 0.1) is 12.2 Å². The van der Waals surface area contributed by atoms with E-state index >= 15 is 0 Å². The van der Waals surface area contributed by atoms with E-state index in [1.54, 1.807) is 10.8 Å². The van der Waals surface area contributed by atoms with Crippen molar-refractivity contribution in [1.82, 2.24) is 29.7 Å². The molecule has 0 spiro atoms. The lowest BCUT2D eigenvalue weighted by Gasteiger charge is -2.01. The Labute approximate surface area is 156 Å². The van der Waals surface area contributed by atoms with Gasteiger partial charge in [0.1, 0.15) is 5.15 Å². The van der Waals surface area contributed by atoms with E-state index in [9.17, 15) is 4.79 Å². The normalized spacial score (nSPS) is 11.5. The minimum absolute atomic E-state index is 0.227. The first-order valence-electron chi connectivity index (χ1n) is 8.57. The number of aryl methyl sites for hydroxylation is 2. The number of hydrogen-bond acceptors (Lipinski definition) is 4. The van der Waals surface area contributed by atoms with Crippen LogP contribution in [0.5, 0.6) is 0 Å². The second-order valence-electron chi connectivity index (χ2n) is 5.96. The zero-order valence-corrected chi connectivity index (χ0v) is 15.6. The number of amides is 1. The van der Waals surface area contributed by atoms with Gasteiger partial charge in [-0.1, -0.05) is 31.0 Å². The first kappa shape index (κ1) is 18.1. The maximum absolute atomic E-state index is 12.1. The predicted octanol–water partition coefficient (Wildman–Crippen LogP) is 3.02. The van der Waals surface area contributed by atoms with Crippen molar-refractivity contribution >= 4 is 29.2 Å². The number of aromatic nitrogens is 5.